The fraction of sp³-hybridized carbons (Fsp3) is 0.0556. The molecular weight excluding hydrogens is 336 g/mol. The van der Waals surface area contributed by atoms with Crippen molar-refractivity contribution >= 4 is 34.1 Å². The normalized spacial score (nSPS) is 12.1. The first-order valence-corrected chi connectivity index (χ1v) is 7.62. The molecule has 3 aromatic rings. The van der Waals surface area contributed by atoms with E-state index in [1.807, 2.05) is 6.07 Å². The third-order valence-corrected chi connectivity index (χ3v) is 3.90. The highest BCUT2D eigenvalue weighted by Crippen LogP contribution is 2.34. The van der Waals surface area contributed by atoms with Gasteiger partial charge in [0.1, 0.15) is 17.7 Å². The summed E-state index contributed by atoms with van der Waals surface area (Å²) in [5, 5.41) is 1.76. The lowest BCUT2D eigenvalue weighted by Crippen LogP contribution is -2.06. The number of fused-ring (bicyclic) bond motifs is 1. The third kappa shape index (κ3) is 3.31. The van der Waals surface area contributed by atoms with Crippen molar-refractivity contribution < 1.29 is 9.13 Å². The first-order valence-electron chi connectivity index (χ1n) is 6.87. The van der Waals surface area contributed by atoms with E-state index < -0.39 is 6.10 Å². The van der Waals surface area contributed by atoms with Crippen LogP contribution < -0.4 is 4.74 Å². The Morgan fingerprint density at radius 1 is 1.13 bits per heavy atom. The highest BCUT2D eigenvalue weighted by Gasteiger charge is 2.16. The van der Waals surface area contributed by atoms with E-state index in [-0.39, 0.29) is 5.82 Å². The van der Waals surface area contributed by atoms with Crippen LogP contribution in [0.25, 0.3) is 10.9 Å². The standard InChI is InChI=1S/C18H12Cl2FNO/c1-2-17(23-13-5-3-12(21)4-6-13)14-7-8-22-16-10-11(19)9-15(20)18(14)16/h2-10,17H,1H2. The maximum Gasteiger partial charge on any atom is 0.142 e. The monoisotopic (exact) mass is 347 g/mol. The topological polar surface area (TPSA) is 22.1 Å². The molecule has 0 N–H and O–H groups in total. The third-order valence-electron chi connectivity index (χ3n) is 3.39. The average Bonchev–Trinajstić information content (AvgIpc) is 2.53. The summed E-state index contributed by atoms with van der Waals surface area (Å²) >= 11 is 12.4. The smallest absolute Gasteiger partial charge is 0.142 e. The van der Waals surface area contributed by atoms with Gasteiger partial charge in [-0.3, -0.25) is 4.98 Å². The summed E-state index contributed by atoms with van der Waals surface area (Å²) in [5.74, 6) is 0.214. The van der Waals surface area contributed by atoms with Gasteiger partial charge in [-0.25, -0.2) is 4.39 Å². The molecule has 0 spiro atoms. The molecule has 5 heteroatoms. The molecular formula is C18H12Cl2FNO. The molecule has 0 fully saturated rings. The van der Waals surface area contributed by atoms with Gasteiger partial charge in [0.25, 0.3) is 0 Å². The number of ether oxygens (including phenoxy) is 1. The highest BCUT2D eigenvalue weighted by molar-refractivity contribution is 6.38. The van der Waals surface area contributed by atoms with Crippen LogP contribution in [0.15, 0.2) is 61.3 Å². The second-order valence-corrected chi connectivity index (χ2v) is 5.75. The van der Waals surface area contributed by atoms with Crippen molar-refractivity contribution in [1.82, 2.24) is 4.98 Å². The number of hydrogen-bond donors (Lipinski definition) is 0. The molecule has 116 valence electrons. The van der Waals surface area contributed by atoms with Crippen LogP contribution in [0.3, 0.4) is 0 Å². The molecule has 0 saturated heterocycles. The van der Waals surface area contributed by atoms with E-state index in [1.165, 1.54) is 12.1 Å². The summed E-state index contributed by atoms with van der Waals surface area (Å²) < 4.78 is 18.9. The highest BCUT2D eigenvalue weighted by atomic mass is 35.5. The number of aromatic nitrogens is 1. The SMILES string of the molecule is C=CC(Oc1ccc(F)cc1)c1ccnc2cc(Cl)cc(Cl)c12. The Kier molecular flexibility index (Phi) is 4.51. The van der Waals surface area contributed by atoms with Gasteiger partial charge in [-0.1, -0.05) is 29.8 Å². The van der Waals surface area contributed by atoms with Crippen LogP contribution in [0.2, 0.25) is 10.0 Å². The Balaban J connectivity index is 2.06. The zero-order valence-electron chi connectivity index (χ0n) is 12.0. The van der Waals surface area contributed by atoms with Crippen molar-refractivity contribution in [2.24, 2.45) is 0 Å². The van der Waals surface area contributed by atoms with Gasteiger partial charge in [0.2, 0.25) is 0 Å². The number of pyridine rings is 1. The summed E-state index contributed by atoms with van der Waals surface area (Å²) in [6.45, 7) is 3.82. The van der Waals surface area contributed by atoms with Crippen molar-refractivity contribution in [3.63, 3.8) is 0 Å². The minimum Gasteiger partial charge on any atom is -0.482 e. The van der Waals surface area contributed by atoms with E-state index in [4.69, 9.17) is 27.9 Å². The zero-order valence-corrected chi connectivity index (χ0v) is 13.5. The van der Waals surface area contributed by atoms with E-state index in [2.05, 4.69) is 11.6 Å². The Labute approximate surface area is 143 Å². The van der Waals surface area contributed by atoms with Crippen LogP contribution in [0.1, 0.15) is 11.7 Å². The van der Waals surface area contributed by atoms with Gasteiger partial charge in [0.15, 0.2) is 0 Å². The van der Waals surface area contributed by atoms with Gasteiger partial charge >= 0.3 is 0 Å². The van der Waals surface area contributed by atoms with Crippen molar-refractivity contribution in [2.45, 2.75) is 6.10 Å². The number of hydrogen-bond acceptors (Lipinski definition) is 2. The lowest BCUT2D eigenvalue weighted by atomic mass is 10.0. The fourth-order valence-corrected chi connectivity index (χ4v) is 2.96. The van der Waals surface area contributed by atoms with Crippen LogP contribution in [0.5, 0.6) is 5.75 Å². The zero-order chi connectivity index (χ0) is 16.4. The molecule has 1 unspecified atom stereocenters. The number of rotatable bonds is 4. The molecule has 1 aromatic heterocycles. The quantitative estimate of drug-likeness (QED) is 0.541. The number of nitrogens with zero attached hydrogens (tertiary/aromatic N) is 1. The molecule has 0 amide bonds. The summed E-state index contributed by atoms with van der Waals surface area (Å²) in [6.07, 6.45) is 2.86. The summed E-state index contributed by atoms with van der Waals surface area (Å²) in [7, 11) is 0. The van der Waals surface area contributed by atoms with Gasteiger partial charge in [0, 0.05) is 22.2 Å². The van der Waals surface area contributed by atoms with Gasteiger partial charge in [-0.15, -0.1) is 0 Å². The molecule has 3 rings (SSSR count). The second kappa shape index (κ2) is 6.57. The first-order chi connectivity index (χ1) is 11.1. The van der Waals surface area contributed by atoms with E-state index in [1.54, 1.807) is 36.5 Å². The Bertz CT molecular complexity index is 865. The number of benzene rings is 2. The van der Waals surface area contributed by atoms with Crippen molar-refractivity contribution in [2.75, 3.05) is 0 Å². The maximum atomic E-state index is 13.0. The van der Waals surface area contributed by atoms with E-state index in [9.17, 15) is 4.39 Å². The molecule has 0 bridgehead atoms. The molecule has 2 aromatic carbocycles. The van der Waals surface area contributed by atoms with Crippen molar-refractivity contribution in [3.05, 3.63) is 82.7 Å². The van der Waals surface area contributed by atoms with Crippen LogP contribution in [0.4, 0.5) is 4.39 Å². The molecule has 1 heterocycles. The largest absolute Gasteiger partial charge is 0.482 e. The van der Waals surface area contributed by atoms with Crippen LogP contribution in [-0.2, 0) is 0 Å². The van der Waals surface area contributed by atoms with Crippen LogP contribution in [-0.4, -0.2) is 4.98 Å². The predicted molar refractivity (Wildman–Crippen MR) is 91.7 cm³/mol. The first kappa shape index (κ1) is 15.8. The number of halogens is 3. The Morgan fingerprint density at radius 2 is 1.87 bits per heavy atom. The molecule has 0 aliphatic heterocycles. The molecule has 23 heavy (non-hydrogen) atoms. The van der Waals surface area contributed by atoms with Gasteiger partial charge < -0.3 is 4.74 Å². The van der Waals surface area contributed by atoms with Crippen LogP contribution >= 0.6 is 23.2 Å². The summed E-state index contributed by atoms with van der Waals surface area (Å²) in [4.78, 5) is 4.29. The van der Waals surface area contributed by atoms with Crippen molar-refractivity contribution in [1.29, 1.82) is 0 Å². The molecule has 0 aliphatic carbocycles. The lowest BCUT2D eigenvalue weighted by molar-refractivity contribution is 0.257. The van der Waals surface area contributed by atoms with Gasteiger partial charge in [-0.2, -0.15) is 0 Å². The lowest BCUT2D eigenvalue weighted by Gasteiger charge is -2.18. The predicted octanol–water partition coefficient (Wildman–Crippen LogP) is 5.99. The van der Waals surface area contributed by atoms with E-state index in [0.29, 0.717) is 21.3 Å². The minimum absolute atomic E-state index is 0.320. The minimum atomic E-state index is -0.454. The Morgan fingerprint density at radius 3 is 2.57 bits per heavy atom. The van der Waals surface area contributed by atoms with Gasteiger partial charge in [0.05, 0.1) is 10.5 Å². The summed E-state index contributed by atoms with van der Waals surface area (Å²) in [6, 6.07) is 11.0. The molecule has 2 nitrogen and oxygen atoms in total. The summed E-state index contributed by atoms with van der Waals surface area (Å²) in [5.41, 5.74) is 1.49. The van der Waals surface area contributed by atoms with E-state index in [0.717, 1.165) is 10.9 Å². The van der Waals surface area contributed by atoms with Crippen LogP contribution in [0, 0.1) is 5.82 Å². The maximum absolute atomic E-state index is 13.0. The van der Waals surface area contributed by atoms with Crippen molar-refractivity contribution in [3.8, 4) is 5.75 Å². The second-order valence-electron chi connectivity index (χ2n) is 4.91. The fourth-order valence-electron chi connectivity index (χ4n) is 2.36. The average molecular weight is 348 g/mol. The molecule has 0 saturated carbocycles. The van der Waals surface area contributed by atoms with E-state index >= 15 is 0 Å². The molecule has 0 aliphatic rings. The molecule has 1 atom stereocenters. The molecule has 0 radical (unpaired) electrons. The Hall–Kier alpha value is -2.10. The van der Waals surface area contributed by atoms with Gasteiger partial charge in [-0.05, 0) is 48.5 Å².